The predicted octanol–water partition coefficient (Wildman–Crippen LogP) is 2.47. The Morgan fingerprint density at radius 2 is 2.06 bits per heavy atom. The van der Waals surface area contributed by atoms with Crippen LogP contribution in [-0.2, 0) is 9.84 Å². The van der Waals surface area contributed by atoms with E-state index in [0.29, 0.717) is 12.4 Å². The second-order valence-corrected chi connectivity index (χ2v) is 8.50. The molecular formula is C11H17BrN2O2S. The minimum Gasteiger partial charge on any atom is -0.369 e. The molecule has 17 heavy (non-hydrogen) atoms. The third kappa shape index (κ3) is 4.27. The molecule has 0 aliphatic rings. The van der Waals surface area contributed by atoms with Crippen molar-refractivity contribution in [2.24, 2.45) is 0 Å². The molecule has 0 amide bonds. The summed E-state index contributed by atoms with van der Waals surface area (Å²) in [5.74, 6) is 0.772. The third-order valence-electron chi connectivity index (χ3n) is 2.33. The van der Waals surface area contributed by atoms with Gasteiger partial charge >= 0.3 is 0 Å². The highest BCUT2D eigenvalue weighted by molar-refractivity contribution is 9.10. The summed E-state index contributed by atoms with van der Waals surface area (Å²) in [5, 5.41) is 2.99. The average Bonchev–Trinajstić information content (AvgIpc) is 2.15. The van der Waals surface area contributed by atoms with Crippen LogP contribution in [0, 0.1) is 0 Å². The number of aromatic nitrogens is 1. The predicted molar refractivity (Wildman–Crippen MR) is 74.0 cm³/mol. The quantitative estimate of drug-likeness (QED) is 0.925. The standard InChI is InChI=1S/C11H17BrN2O2S/c1-11(2,3)17(15,16)7-6-14-10-8-9(12)4-5-13-10/h4-5,8H,6-7H2,1-3H3,(H,13,14). The van der Waals surface area contributed by atoms with Crippen LogP contribution in [0.4, 0.5) is 5.82 Å². The van der Waals surface area contributed by atoms with Gasteiger partial charge in [0.15, 0.2) is 9.84 Å². The minimum absolute atomic E-state index is 0.102. The molecule has 0 aliphatic carbocycles. The first kappa shape index (κ1) is 14.4. The Morgan fingerprint density at radius 1 is 1.41 bits per heavy atom. The molecule has 0 bridgehead atoms. The van der Waals surface area contributed by atoms with Crippen LogP contribution in [-0.4, -0.2) is 30.4 Å². The lowest BCUT2D eigenvalue weighted by molar-refractivity contribution is 0.560. The number of hydrogen-bond acceptors (Lipinski definition) is 4. The van der Waals surface area contributed by atoms with Gasteiger partial charge in [0.1, 0.15) is 5.82 Å². The van der Waals surface area contributed by atoms with Crippen LogP contribution in [0.25, 0.3) is 0 Å². The van der Waals surface area contributed by atoms with Crippen LogP contribution in [0.1, 0.15) is 20.8 Å². The molecule has 6 heteroatoms. The van der Waals surface area contributed by atoms with Crippen molar-refractivity contribution < 1.29 is 8.42 Å². The van der Waals surface area contributed by atoms with Crippen LogP contribution in [0.5, 0.6) is 0 Å². The van der Waals surface area contributed by atoms with Gasteiger partial charge in [0, 0.05) is 17.2 Å². The van der Waals surface area contributed by atoms with Gasteiger partial charge in [-0.05, 0) is 32.9 Å². The van der Waals surface area contributed by atoms with Crippen LogP contribution < -0.4 is 5.32 Å². The largest absolute Gasteiger partial charge is 0.369 e. The number of nitrogens with one attached hydrogen (secondary N) is 1. The molecule has 0 saturated carbocycles. The number of sulfone groups is 1. The van der Waals surface area contributed by atoms with Crippen molar-refractivity contribution in [2.75, 3.05) is 17.6 Å². The summed E-state index contributed by atoms with van der Waals surface area (Å²) in [5.41, 5.74) is 0. The molecule has 0 spiro atoms. The van der Waals surface area contributed by atoms with Crippen molar-refractivity contribution in [3.05, 3.63) is 22.8 Å². The molecule has 0 saturated heterocycles. The molecule has 0 radical (unpaired) electrons. The zero-order chi connectivity index (χ0) is 13.1. The van der Waals surface area contributed by atoms with E-state index in [0.717, 1.165) is 4.47 Å². The van der Waals surface area contributed by atoms with Crippen molar-refractivity contribution in [3.63, 3.8) is 0 Å². The summed E-state index contributed by atoms with van der Waals surface area (Å²) in [4.78, 5) is 4.09. The van der Waals surface area contributed by atoms with E-state index in [2.05, 4.69) is 26.2 Å². The van der Waals surface area contributed by atoms with E-state index in [9.17, 15) is 8.42 Å². The van der Waals surface area contributed by atoms with Gasteiger partial charge in [-0.15, -0.1) is 0 Å². The maximum absolute atomic E-state index is 11.8. The maximum atomic E-state index is 11.8. The molecule has 1 aromatic heterocycles. The van der Waals surface area contributed by atoms with E-state index in [-0.39, 0.29) is 5.75 Å². The lowest BCUT2D eigenvalue weighted by atomic mass is 10.3. The summed E-state index contributed by atoms with van der Waals surface area (Å²) in [6.07, 6.45) is 1.66. The molecule has 96 valence electrons. The number of pyridine rings is 1. The van der Waals surface area contributed by atoms with E-state index < -0.39 is 14.6 Å². The number of halogens is 1. The van der Waals surface area contributed by atoms with Gasteiger partial charge in [-0.2, -0.15) is 0 Å². The lowest BCUT2D eigenvalue weighted by Crippen LogP contribution is -2.32. The smallest absolute Gasteiger partial charge is 0.156 e. The Hall–Kier alpha value is -0.620. The van der Waals surface area contributed by atoms with Crippen LogP contribution >= 0.6 is 15.9 Å². The summed E-state index contributed by atoms with van der Waals surface area (Å²) < 4.78 is 23.9. The molecule has 0 aliphatic heterocycles. The van der Waals surface area contributed by atoms with E-state index in [1.807, 2.05) is 12.1 Å². The second-order valence-electron chi connectivity index (χ2n) is 4.72. The summed E-state index contributed by atoms with van der Waals surface area (Å²) >= 11 is 3.33. The first-order valence-corrected chi connectivity index (χ1v) is 7.75. The third-order valence-corrected chi connectivity index (χ3v) is 5.43. The van der Waals surface area contributed by atoms with E-state index in [1.165, 1.54) is 0 Å². The highest BCUT2D eigenvalue weighted by Crippen LogP contribution is 2.16. The second kappa shape index (κ2) is 5.35. The first-order chi connectivity index (χ1) is 7.72. The zero-order valence-electron chi connectivity index (χ0n) is 10.2. The van der Waals surface area contributed by atoms with Gasteiger partial charge in [-0.1, -0.05) is 15.9 Å². The van der Waals surface area contributed by atoms with Crippen molar-refractivity contribution in [2.45, 2.75) is 25.5 Å². The Kier molecular flexibility index (Phi) is 4.55. The Bertz CT molecular complexity index is 480. The van der Waals surface area contributed by atoms with Gasteiger partial charge in [0.25, 0.3) is 0 Å². The van der Waals surface area contributed by atoms with Gasteiger partial charge < -0.3 is 5.32 Å². The molecule has 4 nitrogen and oxygen atoms in total. The molecule has 1 aromatic rings. The number of hydrogen-bond donors (Lipinski definition) is 1. The fourth-order valence-electron chi connectivity index (χ4n) is 1.12. The molecule has 0 aromatic carbocycles. The Morgan fingerprint density at radius 3 is 2.59 bits per heavy atom. The molecule has 1 heterocycles. The highest BCUT2D eigenvalue weighted by atomic mass is 79.9. The number of nitrogens with zero attached hydrogens (tertiary/aromatic N) is 1. The summed E-state index contributed by atoms with van der Waals surface area (Å²) in [7, 11) is -3.08. The van der Waals surface area contributed by atoms with Crippen molar-refractivity contribution in [1.29, 1.82) is 0 Å². The van der Waals surface area contributed by atoms with Crippen LogP contribution in [0.2, 0.25) is 0 Å². The van der Waals surface area contributed by atoms with Gasteiger partial charge in [0.05, 0.1) is 10.5 Å². The Labute approximate surface area is 111 Å². The van der Waals surface area contributed by atoms with E-state index >= 15 is 0 Å². The minimum atomic E-state index is -3.08. The fraction of sp³-hybridized carbons (Fsp3) is 0.545. The molecule has 1 N–H and O–H groups in total. The SMILES string of the molecule is CC(C)(C)S(=O)(=O)CCNc1cc(Br)ccn1. The monoisotopic (exact) mass is 320 g/mol. The van der Waals surface area contributed by atoms with E-state index in [4.69, 9.17) is 0 Å². The van der Waals surface area contributed by atoms with Crippen molar-refractivity contribution in [3.8, 4) is 0 Å². The van der Waals surface area contributed by atoms with Crippen LogP contribution in [0.3, 0.4) is 0 Å². The fourth-order valence-corrected chi connectivity index (χ4v) is 2.44. The topological polar surface area (TPSA) is 59.1 Å². The van der Waals surface area contributed by atoms with Crippen LogP contribution in [0.15, 0.2) is 22.8 Å². The molecule has 0 fully saturated rings. The van der Waals surface area contributed by atoms with Gasteiger partial charge in [-0.3, -0.25) is 0 Å². The molecule has 0 unspecified atom stereocenters. The first-order valence-electron chi connectivity index (χ1n) is 5.30. The maximum Gasteiger partial charge on any atom is 0.156 e. The molecular weight excluding hydrogens is 304 g/mol. The van der Waals surface area contributed by atoms with Crippen molar-refractivity contribution >= 4 is 31.6 Å². The molecule has 0 atom stereocenters. The average molecular weight is 321 g/mol. The zero-order valence-corrected chi connectivity index (χ0v) is 12.6. The number of anilines is 1. The van der Waals surface area contributed by atoms with Crippen molar-refractivity contribution in [1.82, 2.24) is 4.98 Å². The van der Waals surface area contributed by atoms with Gasteiger partial charge in [0.2, 0.25) is 0 Å². The van der Waals surface area contributed by atoms with E-state index in [1.54, 1.807) is 27.0 Å². The normalized spacial score (nSPS) is 12.5. The van der Waals surface area contributed by atoms with Gasteiger partial charge in [-0.25, -0.2) is 13.4 Å². The molecule has 1 rings (SSSR count). The Balaban J connectivity index is 2.55. The highest BCUT2D eigenvalue weighted by Gasteiger charge is 2.28. The summed E-state index contributed by atoms with van der Waals surface area (Å²) in [6, 6.07) is 3.63. The lowest BCUT2D eigenvalue weighted by Gasteiger charge is -2.19. The number of rotatable bonds is 4. The summed E-state index contributed by atoms with van der Waals surface area (Å²) in [6.45, 7) is 5.49.